The predicted molar refractivity (Wildman–Crippen MR) is 327 cm³/mol. The summed E-state index contributed by atoms with van der Waals surface area (Å²) in [5.41, 5.74) is 12.0. The van der Waals surface area contributed by atoms with E-state index < -0.39 is 0 Å². The van der Waals surface area contributed by atoms with Crippen LogP contribution in [0.2, 0.25) is 0 Å². The summed E-state index contributed by atoms with van der Waals surface area (Å²) in [6.07, 6.45) is 0. The number of benzene rings is 11. The van der Waals surface area contributed by atoms with Gasteiger partial charge >= 0.3 is 0 Å². The van der Waals surface area contributed by atoms with E-state index in [9.17, 15) is 0 Å². The molecule has 0 saturated heterocycles. The van der Waals surface area contributed by atoms with Crippen molar-refractivity contribution in [1.82, 2.24) is 19.5 Å². The van der Waals surface area contributed by atoms with Gasteiger partial charge in [-0.15, -0.1) is 34.0 Å². The first-order valence-corrected chi connectivity index (χ1v) is 28.2. The second-order valence-corrected chi connectivity index (χ2v) is 23.0. The summed E-state index contributed by atoms with van der Waals surface area (Å²) >= 11 is 5.42. The minimum absolute atomic E-state index is 0.595. The standard InChI is InChI=1S/C69H38N4OS3/c1-3-15-39(16-4-1)52-35-43(69-71-67(41-27-29-46-44-19-8-12-24-56(44)76-60(46)37-41)70-68(72-69)42-28-30-47-45-20-9-13-25-57(45)77-61(47)38-42)36-53(40-17-5-2-6-18-40)64(52)73-54-23-11-7-21-50(54)62-55(73)33-31-48-49-32-34-59-63(66(49)74-65(48)62)51-22-10-14-26-58(51)75-59/h1-38H. The first-order valence-electron chi connectivity index (χ1n) is 25.7. The Hall–Kier alpha value is -9.31. The van der Waals surface area contributed by atoms with Crippen LogP contribution in [-0.4, -0.2) is 19.5 Å². The molecule has 77 heavy (non-hydrogen) atoms. The molecule has 0 bridgehead atoms. The summed E-state index contributed by atoms with van der Waals surface area (Å²) in [6.45, 7) is 0. The Balaban J connectivity index is 0.943. The molecule has 0 radical (unpaired) electrons. The minimum atomic E-state index is 0.595. The van der Waals surface area contributed by atoms with Gasteiger partial charge in [-0.3, -0.25) is 0 Å². The summed E-state index contributed by atoms with van der Waals surface area (Å²) < 4.78 is 17.1. The van der Waals surface area contributed by atoms with Crippen molar-refractivity contribution in [2.45, 2.75) is 0 Å². The summed E-state index contributed by atoms with van der Waals surface area (Å²) in [4.78, 5) is 16.3. The van der Waals surface area contributed by atoms with Gasteiger partial charge in [0.15, 0.2) is 17.5 Å². The van der Waals surface area contributed by atoms with Crippen molar-refractivity contribution in [3.05, 3.63) is 231 Å². The fourth-order valence-corrected chi connectivity index (χ4v) is 15.4. The van der Waals surface area contributed by atoms with Gasteiger partial charge in [0.1, 0.15) is 11.2 Å². The Morgan fingerprint density at radius 2 is 0.727 bits per heavy atom. The zero-order chi connectivity index (χ0) is 50.3. The maximum atomic E-state index is 7.25. The van der Waals surface area contributed by atoms with Crippen molar-refractivity contribution >= 4 is 138 Å². The molecule has 0 aliphatic rings. The SMILES string of the molecule is c1ccc(-c2cc(-c3nc(-c4ccc5c(c4)sc4ccccc45)nc(-c4ccc5c(c4)sc4ccccc45)n3)cc(-c3ccccc3)c2-n2c3ccccc3c3c4oc5c(ccc6sc7ccccc7c65)c4ccc32)cc1. The average molecular weight is 1040 g/mol. The minimum Gasteiger partial charge on any atom is -0.455 e. The molecule has 17 aromatic rings. The van der Waals surface area contributed by atoms with Crippen LogP contribution < -0.4 is 0 Å². The lowest BCUT2D eigenvalue weighted by Crippen LogP contribution is -2.04. The number of thiophene rings is 3. The van der Waals surface area contributed by atoms with Crippen LogP contribution in [0.25, 0.3) is 166 Å². The van der Waals surface area contributed by atoms with E-state index in [2.05, 4.69) is 235 Å². The van der Waals surface area contributed by atoms with E-state index in [0.29, 0.717) is 17.5 Å². The van der Waals surface area contributed by atoms with Crippen LogP contribution >= 0.6 is 34.0 Å². The topological polar surface area (TPSA) is 56.7 Å². The van der Waals surface area contributed by atoms with Gasteiger partial charge in [-0.25, -0.2) is 15.0 Å². The molecule has 6 heterocycles. The fraction of sp³-hybridized carbons (Fsp3) is 0. The number of hydrogen-bond donors (Lipinski definition) is 0. The smallest absolute Gasteiger partial charge is 0.164 e. The summed E-state index contributed by atoms with van der Waals surface area (Å²) in [7, 11) is 0. The molecule has 6 aromatic heterocycles. The first kappa shape index (κ1) is 43.0. The third-order valence-electron chi connectivity index (χ3n) is 15.5. The van der Waals surface area contributed by atoms with Crippen LogP contribution in [0, 0.1) is 0 Å². The average Bonchev–Trinajstić information content (AvgIpc) is 4.45. The number of nitrogens with zero attached hydrogens (tertiary/aromatic N) is 4. The molecule has 0 atom stereocenters. The van der Waals surface area contributed by atoms with Crippen LogP contribution in [0.15, 0.2) is 235 Å². The van der Waals surface area contributed by atoms with E-state index in [-0.39, 0.29) is 0 Å². The van der Waals surface area contributed by atoms with E-state index >= 15 is 0 Å². The molecule has 0 saturated carbocycles. The zero-order valence-corrected chi connectivity index (χ0v) is 43.3. The van der Waals surface area contributed by atoms with Crippen LogP contribution in [0.4, 0.5) is 0 Å². The lowest BCUT2D eigenvalue weighted by atomic mass is 9.92. The molecular weight excluding hydrogens is 997 g/mol. The molecule has 0 spiro atoms. The van der Waals surface area contributed by atoms with E-state index in [1.54, 1.807) is 22.7 Å². The molecule has 0 aliphatic carbocycles. The lowest BCUT2D eigenvalue weighted by molar-refractivity contribution is 0.677. The highest BCUT2D eigenvalue weighted by molar-refractivity contribution is 7.26. The summed E-state index contributed by atoms with van der Waals surface area (Å²) in [5, 5.41) is 11.8. The lowest BCUT2D eigenvalue weighted by Gasteiger charge is -2.21. The van der Waals surface area contributed by atoms with E-state index in [0.717, 1.165) is 88.4 Å². The Morgan fingerprint density at radius 3 is 1.32 bits per heavy atom. The Kier molecular flexibility index (Phi) is 9.26. The maximum Gasteiger partial charge on any atom is 0.164 e. The first-order chi connectivity index (χ1) is 38.1. The molecule has 8 heteroatoms. The van der Waals surface area contributed by atoms with Gasteiger partial charge in [0.25, 0.3) is 0 Å². The largest absolute Gasteiger partial charge is 0.455 e. The third kappa shape index (κ3) is 6.53. The van der Waals surface area contributed by atoms with Crippen LogP contribution in [0.1, 0.15) is 0 Å². The van der Waals surface area contributed by atoms with Gasteiger partial charge in [0, 0.05) is 104 Å². The van der Waals surface area contributed by atoms with Gasteiger partial charge in [-0.05, 0) is 83.9 Å². The van der Waals surface area contributed by atoms with Crippen LogP contribution in [-0.2, 0) is 0 Å². The second-order valence-electron chi connectivity index (χ2n) is 19.8. The van der Waals surface area contributed by atoms with Gasteiger partial charge in [0.05, 0.1) is 22.1 Å². The highest BCUT2D eigenvalue weighted by Crippen LogP contribution is 2.49. The third-order valence-corrected chi connectivity index (χ3v) is 18.9. The van der Waals surface area contributed by atoms with E-state index in [1.165, 1.54) is 60.5 Å². The number of para-hydroxylation sites is 1. The number of aromatic nitrogens is 4. The van der Waals surface area contributed by atoms with Gasteiger partial charge in [0.2, 0.25) is 0 Å². The van der Waals surface area contributed by atoms with E-state index in [4.69, 9.17) is 19.4 Å². The number of furan rings is 1. The molecule has 0 fully saturated rings. The second kappa shape index (κ2) is 16.6. The predicted octanol–water partition coefficient (Wildman–Crippen LogP) is 20.3. The van der Waals surface area contributed by atoms with Crippen molar-refractivity contribution in [2.75, 3.05) is 0 Å². The quantitative estimate of drug-likeness (QED) is 0.167. The molecule has 17 rings (SSSR count). The van der Waals surface area contributed by atoms with Crippen molar-refractivity contribution in [1.29, 1.82) is 0 Å². The summed E-state index contributed by atoms with van der Waals surface area (Å²) in [5.74, 6) is 1.84. The number of fused-ring (bicyclic) bond motifs is 17. The molecule has 0 aliphatic heterocycles. The fourth-order valence-electron chi connectivity index (χ4n) is 12.0. The molecular formula is C69H38N4OS3. The molecule has 0 N–H and O–H groups in total. The monoisotopic (exact) mass is 1030 g/mol. The summed E-state index contributed by atoms with van der Waals surface area (Å²) in [6, 6.07) is 83.2. The van der Waals surface area contributed by atoms with Gasteiger partial charge in [-0.1, -0.05) is 158 Å². The van der Waals surface area contributed by atoms with Crippen molar-refractivity contribution in [3.8, 4) is 62.1 Å². The molecule has 11 aromatic carbocycles. The van der Waals surface area contributed by atoms with Crippen molar-refractivity contribution in [3.63, 3.8) is 0 Å². The normalized spacial score (nSPS) is 12.2. The van der Waals surface area contributed by atoms with Crippen LogP contribution in [0.3, 0.4) is 0 Å². The van der Waals surface area contributed by atoms with E-state index in [1.807, 2.05) is 11.3 Å². The van der Waals surface area contributed by atoms with Gasteiger partial charge < -0.3 is 8.98 Å². The van der Waals surface area contributed by atoms with Crippen molar-refractivity contribution < 1.29 is 4.42 Å². The molecule has 5 nitrogen and oxygen atoms in total. The zero-order valence-electron chi connectivity index (χ0n) is 40.9. The Labute approximate surface area is 451 Å². The molecule has 0 unspecified atom stereocenters. The van der Waals surface area contributed by atoms with Crippen molar-refractivity contribution in [2.24, 2.45) is 0 Å². The Morgan fingerprint density at radius 1 is 0.286 bits per heavy atom. The van der Waals surface area contributed by atoms with Crippen LogP contribution in [0.5, 0.6) is 0 Å². The highest BCUT2D eigenvalue weighted by Gasteiger charge is 2.26. The molecule has 358 valence electrons. The number of hydrogen-bond acceptors (Lipinski definition) is 7. The number of rotatable bonds is 6. The Bertz CT molecular complexity index is 5100. The maximum absolute atomic E-state index is 7.25. The highest BCUT2D eigenvalue weighted by atomic mass is 32.1. The van der Waals surface area contributed by atoms with Gasteiger partial charge in [-0.2, -0.15) is 0 Å². The molecule has 0 amide bonds.